The van der Waals surface area contributed by atoms with Crippen molar-refractivity contribution >= 4 is 11.9 Å². The minimum atomic E-state index is -0.154. The van der Waals surface area contributed by atoms with E-state index in [1.54, 1.807) is 14.1 Å². The van der Waals surface area contributed by atoms with Crippen LogP contribution in [0.25, 0.3) is 0 Å². The Morgan fingerprint density at radius 1 is 1.26 bits per heavy atom. The Hall–Kier alpha value is -1.30. The zero-order valence-corrected chi connectivity index (χ0v) is 12.2. The summed E-state index contributed by atoms with van der Waals surface area (Å²) >= 11 is 0. The van der Waals surface area contributed by atoms with E-state index >= 15 is 0 Å². The summed E-state index contributed by atoms with van der Waals surface area (Å²) in [6, 6.07) is -0.154. The summed E-state index contributed by atoms with van der Waals surface area (Å²) < 4.78 is 5.59. The smallest absolute Gasteiger partial charge is 0.316 e. The average Bonchev–Trinajstić information content (AvgIpc) is 2.83. The van der Waals surface area contributed by atoms with Crippen molar-refractivity contribution in [3.8, 4) is 0 Å². The van der Waals surface area contributed by atoms with Crippen molar-refractivity contribution in [2.24, 2.45) is 11.8 Å². The van der Waals surface area contributed by atoms with Crippen LogP contribution >= 0.6 is 0 Å². The van der Waals surface area contributed by atoms with E-state index in [1.165, 1.54) is 4.90 Å². The molecule has 110 valence electrons. The van der Waals surface area contributed by atoms with E-state index in [0.717, 1.165) is 6.42 Å². The van der Waals surface area contributed by atoms with Gasteiger partial charge in [0.05, 0.1) is 12.0 Å². The summed E-state index contributed by atoms with van der Waals surface area (Å²) in [4.78, 5) is 24.8. The fourth-order valence-corrected chi connectivity index (χ4v) is 2.19. The van der Waals surface area contributed by atoms with Gasteiger partial charge in [-0.15, -0.1) is 0 Å². The predicted octanol–water partition coefficient (Wildman–Crippen LogP) is 0.435. The van der Waals surface area contributed by atoms with E-state index in [2.05, 4.69) is 24.5 Å². The minimum absolute atomic E-state index is 0.0105. The van der Waals surface area contributed by atoms with Crippen LogP contribution in [0.2, 0.25) is 0 Å². The average molecular weight is 271 g/mol. The van der Waals surface area contributed by atoms with Crippen LogP contribution in [-0.2, 0) is 9.53 Å². The summed E-state index contributed by atoms with van der Waals surface area (Å²) in [5, 5.41) is 5.55. The van der Waals surface area contributed by atoms with Crippen molar-refractivity contribution in [3.63, 3.8) is 0 Å². The van der Waals surface area contributed by atoms with Gasteiger partial charge in [0.25, 0.3) is 0 Å². The number of nitrogens with one attached hydrogen (secondary N) is 2. The normalized spacial score (nSPS) is 22.4. The topological polar surface area (TPSA) is 70.7 Å². The van der Waals surface area contributed by atoms with Gasteiger partial charge in [-0.3, -0.25) is 4.79 Å². The highest BCUT2D eigenvalue weighted by Crippen LogP contribution is 2.26. The lowest BCUT2D eigenvalue weighted by Crippen LogP contribution is -2.42. The van der Waals surface area contributed by atoms with Gasteiger partial charge in [-0.1, -0.05) is 13.8 Å². The molecule has 0 saturated carbocycles. The maximum absolute atomic E-state index is 12.0. The molecule has 2 atom stereocenters. The fourth-order valence-electron chi connectivity index (χ4n) is 2.19. The Labute approximate surface area is 114 Å². The van der Waals surface area contributed by atoms with Gasteiger partial charge in [-0.25, -0.2) is 4.79 Å². The number of urea groups is 1. The molecule has 1 aliphatic heterocycles. The molecule has 0 aromatic carbocycles. The molecule has 6 heteroatoms. The number of hydrogen-bond donors (Lipinski definition) is 2. The number of rotatable bonds is 5. The van der Waals surface area contributed by atoms with Gasteiger partial charge < -0.3 is 20.3 Å². The van der Waals surface area contributed by atoms with E-state index in [0.29, 0.717) is 25.6 Å². The fraction of sp³-hybridized carbons (Fsp3) is 0.846. The molecule has 1 aliphatic rings. The van der Waals surface area contributed by atoms with Gasteiger partial charge in [0.15, 0.2) is 0 Å². The van der Waals surface area contributed by atoms with Crippen LogP contribution < -0.4 is 10.6 Å². The molecule has 0 aromatic heterocycles. The van der Waals surface area contributed by atoms with E-state index in [9.17, 15) is 9.59 Å². The third-order valence-corrected chi connectivity index (χ3v) is 3.24. The molecule has 19 heavy (non-hydrogen) atoms. The number of carbonyl (C=O) groups is 2. The number of amides is 3. The van der Waals surface area contributed by atoms with Gasteiger partial charge in [0.2, 0.25) is 5.91 Å². The standard InChI is InChI=1S/C13H25N3O3/c1-9(2)11-10(5-8-19-11)12(17)14-6-7-15-13(18)16(3)4/h9-11H,5-8H2,1-4H3,(H,14,17)(H,15,18)/t10-,11-/m1/s1. The van der Waals surface area contributed by atoms with Gasteiger partial charge in [-0.2, -0.15) is 0 Å². The first kappa shape index (κ1) is 15.8. The molecule has 1 rings (SSSR count). The monoisotopic (exact) mass is 271 g/mol. The molecule has 6 nitrogen and oxygen atoms in total. The Morgan fingerprint density at radius 2 is 1.89 bits per heavy atom. The Balaban J connectivity index is 2.26. The van der Waals surface area contributed by atoms with Gasteiger partial charge in [0.1, 0.15) is 0 Å². The Bertz CT molecular complexity index is 318. The second-order valence-electron chi connectivity index (χ2n) is 5.39. The van der Waals surface area contributed by atoms with Crippen LogP contribution in [0.4, 0.5) is 4.79 Å². The zero-order chi connectivity index (χ0) is 14.4. The minimum Gasteiger partial charge on any atom is -0.377 e. The zero-order valence-electron chi connectivity index (χ0n) is 12.2. The molecule has 0 radical (unpaired) electrons. The van der Waals surface area contributed by atoms with Crippen molar-refractivity contribution in [2.45, 2.75) is 26.4 Å². The lowest BCUT2D eigenvalue weighted by atomic mass is 9.92. The van der Waals surface area contributed by atoms with Crippen molar-refractivity contribution in [2.75, 3.05) is 33.8 Å². The second-order valence-corrected chi connectivity index (χ2v) is 5.39. The first-order valence-corrected chi connectivity index (χ1v) is 6.78. The summed E-state index contributed by atoms with van der Waals surface area (Å²) in [6.45, 7) is 5.65. The van der Waals surface area contributed by atoms with E-state index < -0.39 is 0 Å². The molecule has 3 amide bonds. The molecular formula is C13H25N3O3. The number of ether oxygens (including phenoxy) is 1. The highest BCUT2D eigenvalue weighted by Gasteiger charge is 2.35. The van der Waals surface area contributed by atoms with Crippen molar-refractivity contribution in [1.82, 2.24) is 15.5 Å². The molecule has 0 aliphatic carbocycles. The van der Waals surface area contributed by atoms with E-state index in [1.807, 2.05) is 0 Å². The van der Waals surface area contributed by atoms with Gasteiger partial charge in [-0.05, 0) is 12.3 Å². The molecule has 0 spiro atoms. The number of hydrogen-bond acceptors (Lipinski definition) is 3. The summed E-state index contributed by atoms with van der Waals surface area (Å²) in [5.41, 5.74) is 0. The maximum atomic E-state index is 12.0. The highest BCUT2D eigenvalue weighted by atomic mass is 16.5. The first-order chi connectivity index (χ1) is 8.93. The SMILES string of the molecule is CC(C)[C@H]1OCC[C@H]1C(=O)NCCNC(=O)N(C)C. The van der Waals surface area contributed by atoms with Crippen molar-refractivity contribution < 1.29 is 14.3 Å². The number of nitrogens with zero attached hydrogens (tertiary/aromatic N) is 1. The lowest BCUT2D eigenvalue weighted by molar-refractivity contribution is -0.127. The predicted molar refractivity (Wildman–Crippen MR) is 72.8 cm³/mol. The van der Waals surface area contributed by atoms with Crippen LogP contribution in [-0.4, -0.2) is 56.7 Å². The summed E-state index contributed by atoms with van der Waals surface area (Å²) in [7, 11) is 3.36. The first-order valence-electron chi connectivity index (χ1n) is 6.78. The molecule has 2 N–H and O–H groups in total. The largest absolute Gasteiger partial charge is 0.377 e. The Morgan fingerprint density at radius 3 is 2.47 bits per heavy atom. The molecule has 0 unspecified atom stereocenters. The Kier molecular flexibility index (Phi) is 6.08. The highest BCUT2D eigenvalue weighted by molar-refractivity contribution is 5.79. The molecule has 1 fully saturated rings. The molecule has 0 aromatic rings. The van der Waals surface area contributed by atoms with Crippen LogP contribution in [0.3, 0.4) is 0 Å². The number of carbonyl (C=O) groups excluding carboxylic acids is 2. The molecule has 1 saturated heterocycles. The maximum Gasteiger partial charge on any atom is 0.316 e. The van der Waals surface area contributed by atoms with Crippen LogP contribution in [0.15, 0.2) is 0 Å². The quantitative estimate of drug-likeness (QED) is 0.713. The summed E-state index contributed by atoms with van der Waals surface area (Å²) in [6.07, 6.45) is 0.787. The second kappa shape index (κ2) is 7.33. The molecule has 0 bridgehead atoms. The van der Waals surface area contributed by atoms with E-state index in [-0.39, 0.29) is 24.0 Å². The van der Waals surface area contributed by atoms with Crippen LogP contribution in [0, 0.1) is 11.8 Å². The third kappa shape index (κ3) is 4.70. The summed E-state index contributed by atoms with van der Waals surface area (Å²) in [5.74, 6) is 0.298. The third-order valence-electron chi connectivity index (χ3n) is 3.24. The van der Waals surface area contributed by atoms with Crippen molar-refractivity contribution in [3.05, 3.63) is 0 Å². The lowest BCUT2D eigenvalue weighted by Gasteiger charge is -2.21. The van der Waals surface area contributed by atoms with Gasteiger partial charge >= 0.3 is 6.03 Å². The molecular weight excluding hydrogens is 246 g/mol. The molecule has 1 heterocycles. The van der Waals surface area contributed by atoms with Gasteiger partial charge in [0, 0.05) is 33.8 Å². The van der Waals surface area contributed by atoms with Crippen LogP contribution in [0.5, 0.6) is 0 Å². The van der Waals surface area contributed by atoms with Crippen molar-refractivity contribution in [1.29, 1.82) is 0 Å². The van der Waals surface area contributed by atoms with Crippen LogP contribution in [0.1, 0.15) is 20.3 Å². The van der Waals surface area contributed by atoms with E-state index in [4.69, 9.17) is 4.74 Å².